The second-order valence-electron chi connectivity index (χ2n) is 8.28. The first-order valence-electron chi connectivity index (χ1n) is 11.1. The number of methoxy groups -OCH3 is 2. The Morgan fingerprint density at radius 1 is 1.14 bits per heavy atom. The van der Waals surface area contributed by atoms with Gasteiger partial charge in [-0.25, -0.2) is 4.79 Å². The van der Waals surface area contributed by atoms with Crippen molar-refractivity contribution in [1.29, 1.82) is 0 Å². The molecule has 0 saturated carbocycles. The number of ketones is 2. The van der Waals surface area contributed by atoms with Crippen molar-refractivity contribution in [3.8, 4) is 17.2 Å². The number of benzene rings is 2. The third-order valence-electron chi connectivity index (χ3n) is 6.10. The highest BCUT2D eigenvalue weighted by molar-refractivity contribution is 6.36. The number of hydrogen-bond donors (Lipinski definition) is 3. The monoisotopic (exact) mass is 499 g/mol. The number of anilines is 1. The molecule has 1 heterocycles. The number of carbonyl (C=O) groups is 3. The largest absolute Gasteiger partial charge is 0.496 e. The zero-order valence-electron chi connectivity index (χ0n) is 19.6. The number of halogens is 1. The summed E-state index contributed by atoms with van der Waals surface area (Å²) in [5, 5.41) is 8.75. The van der Waals surface area contributed by atoms with E-state index in [2.05, 4.69) is 16.0 Å². The van der Waals surface area contributed by atoms with Crippen molar-refractivity contribution in [2.75, 3.05) is 32.6 Å². The minimum absolute atomic E-state index is 0.0894. The minimum Gasteiger partial charge on any atom is -0.496 e. The molecule has 1 aliphatic carbocycles. The predicted molar refractivity (Wildman–Crippen MR) is 131 cm³/mol. The molecule has 0 bridgehead atoms. The topological polar surface area (TPSA) is 115 Å². The van der Waals surface area contributed by atoms with Crippen molar-refractivity contribution in [2.24, 2.45) is 5.92 Å². The van der Waals surface area contributed by atoms with E-state index in [1.165, 1.54) is 26.4 Å². The number of urea groups is 1. The Balaban J connectivity index is 1.42. The number of allylic oxidation sites excluding steroid dienone is 1. The summed E-state index contributed by atoms with van der Waals surface area (Å²) in [4.78, 5) is 38.8. The van der Waals surface area contributed by atoms with E-state index in [1.807, 2.05) is 18.2 Å². The number of rotatable bonds is 7. The average Bonchev–Trinajstić information content (AvgIpc) is 3.16. The second kappa shape index (κ2) is 9.87. The summed E-state index contributed by atoms with van der Waals surface area (Å²) in [6.45, 7) is 2.50. The van der Waals surface area contributed by atoms with E-state index in [0.717, 1.165) is 0 Å². The maximum atomic E-state index is 13.5. The van der Waals surface area contributed by atoms with E-state index >= 15 is 0 Å². The normalized spacial score (nSPS) is 20.6. The van der Waals surface area contributed by atoms with Gasteiger partial charge in [0.2, 0.25) is 17.2 Å². The van der Waals surface area contributed by atoms with Crippen LogP contribution < -0.4 is 30.2 Å². The first-order valence-corrected chi connectivity index (χ1v) is 11.5. The first kappa shape index (κ1) is 24.4. The highest BCUT2D eigenvalue weighted by Crippen LogP contribution is 2.52. The molecule has 0 radical (unpaired) electrons. The van der Waals surface area contributed by atoms with E-state index < -0.39 is 23.1 Å². The predicted octanol–water partition coefficient (Wildman–Crippen LogP) is 3.58. The lowest BCUT2D eigenvalue weighted by Gasteiger charge is -2.35. The van der Waals surface area contributed by atoms with Crippen LogP contribution in [0.3, 0.4) is 0 Å². The van der Waals surface area contributed by atoms with Gasteiger partial charge in [-0.2, -0.15) is 0 Å². The molecule has 4 rings (SSSR count). The van der Waals surface area contributed by atoms with Gasteiger partial charge >= 0.3 is 6.03 Å². The summed E-state index contributed by atoms with van der Waals surface area (Å²) < 4.78 is 16.6. The summed E-state index contributed by atoms with van der Waals surface area (Å²) in [6.07, 6.45) is 1.77. The van der Waals surface area contributed by atoms with E-state index in [1.54, 1.807) is 19.1 Å². The zero-order valence-corrected chi connectivity index (χ0v) is 20.3. The molecule has 184 valence electrons. The van der Waals surface area contributed by atoms with Gasteiger partial charge in [-0.1, -0.05) is 36.7 Å². The number of amides is 2. The fraction of sp³-hybridized carbons (Fsp3) is 0.320. The number of nitrogens with one attached hydrogen (secondary N) is 3. The second-order valence-corrected chi connectivity index (χ2v) is 8.66. The first-order chi connectivity index (χ1) is 16.8. The molecule has 0 aromatic heterocycles. The van der Waals surface area contributed by atoms with Crippen LogP contribution in [0.4, 0.5) is 10.5 Å². The Hall–Kier alpha value is -3.72. The summed E-state index contributed by atoms with van der Waals surface area (Å²) in [5.41, 5.74) is -0.238. The Morgan fingerprint density at radius 3 is 2.51 bits per heavy atom. The summed E-state index contributed by atoms with van der Waals surface area (Å²) >= 11 is 6.40. The van der Waals surface area contributed by atoms with Gasteiger partial charge in [-0.15, -0.1) is 0 Å². The van der Waals surface area contributed by atoms with Crippen molar-refractivity contribution < 1.29 is 28.6 Å². The SMILES string of the molecule is COc1cc(OC)c2c(c1Cl)O[C@@]1(C(=O)C=C(NCCNC(=O)Nc3ccccc3)C[C@H]1C)C2=O. The quantitative estimate of drug-likeness (QED) is 0.394. The lowest BCUT2D eigenvalue weighted by atomic mass is 9.74. The highest BCUT2D eigenvalue weighted by Gasteiger charge is 2.60. The van der Waals surface area contributed by atoms with Crippen molar-refractivity contribution in [2.45, 2.75) is 18.9 Å². The molecule has 1 aliphatic heterocycles. The van der Waals surface area contributed by atoms with Crippen molar-refractivity contribution in [3.05, 3.63) is 58.8 Å². The minimum atomic E-state index is -1.72. The Labute approximate surface area is 207 Å². The van der Waals surface area contributed by atoms with E-state index in [-0.39, 0.29) is 33.9 Å². The van der Waals surface area contributed by atoms with Crippen molar-refractivity contribution >= 4 is 34.9 Å². The Bertz CT molecular complexity index is 1200. The maximum Gasteiger partial charge on any atom is 0.319 e. The van der Waals surface area contributed by atoms with Crippen LogP contribution in [0, 0.1) is 5.92 Å². The van der Waals surface area contributed by atoms with Crippen LogP contribution in [-0.4, -0.2) is 50.5 Å². The number of Topliss-reactive ketones (excluding diaryl/α,β-unsaturated/α-hetero) is 1. The summed E-state index contributed by atoms with van der Waals surface area (Å²) in [5.74, 6) is -0.844. The van der Waals surface area contributed by atoms with Crippen LogP contribution in [0.5, 0.6) is 17.2 Å². The zero-order chi connectivity index (χ0) is 25.2. The van der Waals surface area contributed by atoms with Crippen LogP contribution in [0.25, 0.3) is 0 Å². The lowest BCUT2D eigenvalue weighted by Crippen LogP contribution is -2.55. The van der Waals surface area contributed by atoms with E-state index in [9.17, 15) is 14.4 Å². The Kier molecular flexibility index (Phi) is 6.88. The standard InChI is InChI=1S/C25H26ClN3O6/c1-14-11-16(27-9-10-28-24(32)29-15-7-5-4-6-8-15)12-19(30)25(14)23(31)20-17(33-2)13-18(34-3)21(26)22(20)35-25/h4-8,12-14,27H,9-11H2,1-3H3,(H2,28,29,32)/t14-,25+/m1/s1. The molecule has 0 fully saturated rings. The van der Waals surface area contributed by atoms with Crippen LogP contribution in [-0.2, 0) is 4.79 Å². The molecule has 3 N–H and O–H groups in total. The molecule has 9 nitrogen and oxygen atoms in total. The summed E-state index contributed by atoms with van der Waals surface area (Å²) in [6, 6.07) is 10.3. The van der Waals surface area contributed by atoms with E-state index in [0.29, 0.717) is 30.9 Å². The lowest BCUT2D eigenvalue weighted by molar-refractivity contribution is -0.129. The van der Waals surface area contributed by atoms with Crippen LogP contribution in [0.1, 0.15) is 23.7 Å². The van der Waals surface area contributed by atoms with Crippen molar-refractivity contribution in [1.82, 2.24) is 10.6 Å². The maximum absolute atomic E-state index is 13.5. The number of carbonyl (C=O) groups excluding carboxylic acids is 3. The van der Waals surface area contributed by atoms with Gasteiger partial charge in [0.15, 0.2) is 5.75 Å². The molecule has 2 amide bonds. The molecular formula is C25H26ClN3O6. The molecule has 0 saturated heterocycles. The molecule has 10 heteroatoms. The average molecular weight is 500 g/mol. The molecule has 2 aromatic rings. The number of fused-ring (bicyclic) bond motifs is 1. The number of ether oxygens (including phenoxy) is 3. The molecule has 35 heavy (non-hydrogen) atoms. The molecule has 2 aliphatic rings. The Morgan fingerprint density at radius 2 is 1.86 bits per heavy atom. The number of para-hydroxylation sites is 1. The molecule has 0 unspecified atom stereocenters. The summed E-state index contributed by atoms with van der Waals surface area (Å²) in [7, 11) is 2.86. The van der Waals surface area contributed by atoms with Gasteiger partial charge < -0.3 is 30.2 Å². The smallest absolute Gasteiger partial charge is 0.319 e. The third-order valence-corrected chi connectivity index (χ3v) is 6.46. The fourth-order valence-electron chi connectivity index (χ4n) is 4.35. The van der Waals surface area contributed by atoms with Gasteiger partial charge in [-0.05, 0) is 18.6 Å². The molecule has 1 spiro atoms. The molecule has 2 atom stereocenters. The van der Waals surface area contributed by atoms with Crippen LogP contribution in [0.2, 0.25) is 5.02 Å². The molecule has 2 aromatic carbocycles. The number of hydrogen-bond acceptors (Lipinski definition) is 7. The van der Waals surface area contributed by atoms with Gasteiger partial charge in [0.05, 0.1) is 14.2 Å². The highest BCUT2D eigenvalue weighted by atomic mass is 35.5. The van der Waals surface area contributed by atoms with Crippen LogP contribution in [0.15, 0.2) is 48.2 Å². The van der Waals surface area contributed by atoms with E-state index in [4.69, 9.17) is 25.8 Å². The fourth-order valence-corrected chi connectivity index (χ4v) is 4.61. The van der Waals surface area contributed by atoms with Crippen molar-refractivity contribution in [3.63, 3.8) is 0 Å². The van der Waals surface area contributed by atoms with Gasteiger partial charge in [0.1, 0.15) is 22.1 Å². The third kappa shape index (κ3) is 4.39. The molecular weight excluding hydrogens is 474 g/mol. The van der Waals surface area contributed by atoms with Crippen LogP contribution >= 0.6 is 11.6 Å². The van der Waals surface area contributed by atoms with Gasteiger partial charge in [-0.3, -0.25) is 9.59 Å². The van der Waals surface area contributed by atoms with Gasteiger partial charge in [0, 0.05) is 42.5 Å². The van der Waals surface area contributed by atoms with Gasteiger partial charge in [0.25, 0.3) is 0 Å².